The lowest BCUT2D eigenvalue weighted by atomic mass is 10.2. The van der Waals surface area contributed by atoms with E-state index in [-0.39, 0.29) is 6.79 Å². The minimum Gasteiger partial charge on any atom is -0.473 e. The zero-order chi connectivity index (χ0) is 15.6. The van der Waals surface area contributed by atoms with E-state index in [1.54, 1.807) is 13.3 Å². The zero-order valence-corrected chi connectivity index (χ0v) is 14.5. The van der Waals surface area contributed by atoms with Crippen LogP contribution in [0, 0.1) is 3.57 Å². The second-order valence-electron chi connectivity index (χ2n) is 4.39. The third kappa shape index (κ3) is 5.78. The molecule has 0 aliphatic rings. The van der Waals surface area contributed by atoms with Crippen LogP contribution in [0.4, 0.5) is 0 Å². The number of methoxy groups -OCH3 is 1. The molecule has 5 nitrogen and oxygen atoms in total. The van der Waals surface area contributed by atoms with Gasteiger partial charge in [-0.3, -0.25) is 0 Å². The van der Waals surface area contributed by atoms with Gasteiger partial charge in [0, 0.05) is 13.2 Å². The number of rotatable bonds is 9. The highest BCUT2D eigenvalue weighted by molar-refractivity contribution is 14.1. The molecule has 2 aromatic rings. The van der Waals surface area contributed by atoms with Crippen LogP contribution in [0.2, 0.25) is 0 Å². The first-order chi connectivity index (χ1) is 10.8. The molecule has 6 heteroatoms. The van der Waals surface area contributed by atoms with Crippen molar-refractivity contribution in [2.24, 2.45) is 0 Å². The van der Waals surface area contributed by atoms with Gasteiger partial charge in [0.05, 0.1) is 23.0 Å². The Morgan fingerprint density at radius 1 is 1.09 bits per heavy atom. The molecule has 1 heterocycles. The summed E-state index contributed by atoms with van der Waals surface area (Å²) in [6.45, 7) is 1.71. The molecule has 2 rings (SSSR count). The van der Waals surface area contributed by atoms with E-state index < -0.39 is 0 Å². The molecule has 0 aliphatic heterocycles. The molecule has 0 spiro atoms. The Morgan fingerprint density at radius 2 is 1.91 bits per heavy atom. The van der Waals surface area contributed by atoms with Crippen LogP contribution in [0.3, 0.4) is 0 Å². The third-order valence-corrected chi connectivity index (χ3v) is 3.60. The molecule has 0 amide bonds. The van der Waals surface area contributed by atoms with Crippen molar-refractivity contribution < 1.29 is 18.9 Å². The summed E-state index contributed by atoms with van der Waals surface area (Å²) in [5.41, 5.74) is 1.10. The molecule has 0 aliphatic carbocycles. The number of ether oxygens (including phenoxy) is 4. The van der Waals surface area contributed by atoms with E-state index >= 15 is 0 Å². The van der Waals surface area contributed by atoms with Crippen LogP contribution in [0.25, 0.3) is 0 Å². The van der Waals surface area contributed by atoms with Crippen LogP contribution in [0.5, 0.6) is 11.6 Å². The van der Waals surface area contributed by atoms with Crippen LogP contribution in [0.15, 0.2) is 42.6 Å². The van der Waals surface area contributed by atoms with Crippen molar-refractivity contribution in [3.05, 3.63) is 51.7 Å². The van der Waals surface area contributed by atoms with Crippen LogP contribution >= 0.6 is 22.6 Å². The predicted molar refractivity (Wildman–Crippen MR) is 91.1 cm³/mol. The average molecular weight is 415 g/mol. The van der Waals surface area contributed by atoms with E-state index in [2.05, 4.69) is 27.6 Å². The van der Waals surface area contributed by atoms with Crippen molar-refractivity contribution in [2.45, 2.75) is 6.61 Å². The molecule has 0 bridgehead atoms. The van der Waals surface area contributed by atoms with Crippen molar-refractivity contribution >= 4 is 22.6 Å². The first kappa shape index (κ1) is 17.0. The molecule has 22 heavy (non-hydrogen) atoms. The second-order valence-corrected chi connectivity index (χ2v) is 5.55. The molecule has 0 fully saturated rings. The fraction of sp³-hybridized carbons (Fsp3) is 0.312. The number of aromatic nitrogens is 1. The predicted octanol–water partition coefficient (Wildman–Crippen LogP) is 3.26. The molecule has 1 aromatic heterocycles. The topological polar surface area (TPSA) is 49.8 Å². The third-order valence-electron chi connectivity index (χ3n) is 2.75. The standard InChI is InChI=1S/C16H18INO4/c1-19-7-8-20-12-22-15-10-18-16(9-14(15)17)21-11-13-5-3-2-4-6-13/h2-6,9-10H,7-8,11-12H2,1H3. The average Bonchev–Trinajstić information content (AvgIpc) is 2.55. The molecule has 0 unspecified atom stereocenters. The fourth-order valence-corrected chi connectivity index (χ4v) is 2.19. The highest BCUT2D eigenvalue weighted by atomic mass is 127. The SMILES string of the molecule is COCCOCOc1cnc(OCc2ccccc2)cc1I. The maximum absolute atomic E-state index is 5.67. The molecule has 0 atom stereocenters. The number of nitrogens with zero attached hydrogens (tertiary/aromatic N) is 1. The Labute approximate surface area is 143 Å². The highest BCUT2D eigenvalue weighted by Crippen LogP contribution is 2.23. The molecule has 0 saturated heterocycles. The number of hydrogen-bond acceptors (Lipinski definition) is 5. The lowest BCUT2D eigenvalue weighted by Crippen LogP contribution is -2.08. The quantitative estimate of drug-likeness (QED) is 0.358. The zero-order valence-electron chi connectivity index (χ0n) is 12.3. The van der Waals surface area contributed by atoms with Gasteiger partial charge in [-0.05, 0) is 28.2 Å². The van der Waals surface area contributed by atoms with Crippen molar-refractivity contribution in [1.82, 2.24) is 4.98 Å². The summed E-state index contributed by atoms with van der Waals surface area (Å²) in [4.78, 5) is 4.24. The molecular weight excluding hydrogens is 397 g/mol. The minimum absolute atomic E-state index is 0.172. The normalized spacial score (nSPS) is 10.5. The van der Waals surface area contributed by atoms with E-state index in [9.17, 15) is 0 Å². The highest BCUT2D eigenvalue weighted by Gasteiger charge is 2.05. The van der Waals surface area contributed by atoms with E-state index in [1.165, 1.54) is 0 Å². The monoisotopic (exact) mass is 415 g/mol. The summed E-state index contributed by atoms with van der Waals surface area (Å²) >= 11 is 2.18. The van der Waals surface area contributed by atoms with Crippen LogP contribution in [-0.2, 0) is 16.1 Å². The van der Waals surface area contributed by atoms with Gasteiger partial charge in [0.1, 0.15) is 6.61 Å². The number of halogens is 1. The Hall–Kier alpha value is -1.38. The summed E-state index contributed by atoms with van der Waals surface area (Å²) in [6.07, 6.45) is 1.64. The summed E-state index contributed by atoms with van der Waals surface area (Å²) in [6, 6.07) is 11.8. The van der Waals surface area contributed by atoms with Crippen molar-refractivity contribution in [2.75, 3.05) is 27.1 Å². The molecule has 0 radical (unpaired) electrons. The number of hydrogen-bond donors (Lipinski definition) is 0. The molecule has 118 valence electrons. The van der Waals surface area contributed by atoms with E-state index in [4.69, 9.17) is 18.9 Å². The van der Waals surface area contributed by atoms with E-state index in [0.29, 0.717) is 31.5 Å². The first-order valence-corrected chi connectivity index (χ1v) is 7.89. The maximum Gasteiger partial charge on any atom is 0.214 e. The van der Waals surface area contributed by atoms with Gasteiger partial charge in [0.15, 0.2) is 12.5 Å². The Morgan fingerprint density at radius 3 is 2.64 bits per heavy atom. The smallest absolute Gasteiger partial charge is 0.214 e. The largest absolute Gasteiger partial charge is 0.473 e. The van der Waals surface area contributed by atoms with Crippen LogP contribution in [-0.4, -0.2) is 32.1 Å². The number of benzene rings is 1. The minimum atomic E-state index is 0.172. The summed E-state index contributed by atoms with van der Waals surface area (Å²) < 4.78 is 22.2. The molecule has 1 aromatic carbocycles. The van der Waals surface area contributed by atoms with Gasteiger partial charge in [0.25, 0.3) is 0 Å². The van der Waals surface area contributed by atoms with Gasteiger partial charge in [-0.2, -0.15) is 0 Å². The lowest BCUT2D eigenvalue weighted by Gasteiger charge is -2.10. The van der Waals surface area contributed by atoms with E-state index in [0.717, 1.165) is 9.13 Å². The van der Waals surface area contributed by atoms with Crippen LogP contribution in [0.1, 0.15) is 5.56 Å². The van der Waals surface area contributed by atoms with Crippen LogP contribution < -0.4 is 9.47 Å². The Balaban J connectivity index is 1.81. The van der Waals surface area contributed by atoms with E-state index in [1.807, 2.05) is 36.4 Å². The summed E-state index contributed by atoms with van der Waals surface area (Å²) in [5.74, 6) is 1.24. The van der Waals surface area contributed by atoms with Crippen molar-refractivity contribution in [1.29, 1.82) is 0 Å². The maximum atomic E-state index is 5.67. The van der Waals surface area contributed by atoms with Gasteiger partial charge in [-0.15, -0.1) is 0 Å². The van der Waals surface area contributed by atoms with Crippen molar-refractivity contribution in [3.8, 4) is 11.6 Å². The second kappa shape index (κ2) is 9.60. The molecule has 0 saturated carbocycles. The van der Waals surface area contributed by atoms with Gasteiger partial charge in [-0.25, -0.2) is 4.98 Å². The fourth-order valence-electron chi connectivity index (χ4n) is 1.62. The van der Waals surface area contributed by atoms with Gasteiger partial charge >= 0.3 is 0 Å². The Kier molecular flexibility index (Phi) is 7.41. The lowest BCUT2D eigenvalue weighted by molar-refractivity contribution is -0.00904. The molecular formula is C16H18INO4. The molecule has 0 N–H and O–H groups in total. The van der Waals surface area contributed by atoms with Gasteiger partial charge in [-0.1, -0.05) is 30.3 Å². The Bertz CT molecular complexity index is 565. The summed E-state index contributed by atoms with van der Waals surface area (Å²) in [7, 11) is 1.63. The van der Waals surface area contributed by atoms with Gasteiger partial charge < -0.3 is 18.9 Å². The van der Waals surface area contributed by atoms with Crippen molar-refractivity contribution in [3.63, 3.8) is 0 Å². The van der Waals surface area contributed by atoms with Gasteiger partial charge in [0.2, 0.25) is 5.88 Å². The first-order valence-electron chi connectivity index (χ1n) is 6.81. The summed E-state index contributed by atoms with van der Waals surface area (Å²) in [5, 5.41) is 0. The number of pyridine rings is 1.